The number of halogens is 1. The zero-order valence-corrected chi connectivity index (χ0v) is 17.7. The van der Waals surface area contributed by atoms with Crippen LogP contribution in [0, 0.1) is 12.7 Å². The van der Waals surface area contributed by atoms with E-state index in [0.29, 0.717) is 12.2 Å². The first kappa shape index (κ1) is 21.7. The number of nitrogens with two attached hydrogens (primary N) is 1. The summed E-state index contributed by atoms with van der Waals surface area (Å²) in [5, 5.41) is 8.05. The zero-order chi connectivity index (χ0) is 21.9. The fraction of sp³-hybridized carbons (Fsp3) is 0.227. The number of nitrogens with one attached hydrogen (secondary N) is 1. The second-order valence-corrected chi connectivity index (χ2v) is 8.61. The van der Waals surface area contributed by atoms with E-state index < -0.39 is 10.0 Å². The van der Waals surface area contributed by atoms with E-state index in [4.69, 9.17) is 5.14 Å². The van der Waals surface area contributed by atoms with Crippen molar-refractivity contribution in [2.45, 2.75) is 31.6 Å². The monoisotopic (exact) mass is 429 g/mol. The topological polar surface area (TPSA) is 94.2 Å². The zero-order valence-electron chi connectivity index (χ0n) is 16.9. The Morgan fingerprint density at radius 3 is 2.43 bits per heavy atom. The molecule has 0 aliphatic carbocycles. The lowest BCUT2D eigenvalue weighted by molar-refractivity contribution is -0.120. The molecule has 3 rings (SSSR count). The van der Waals surface area contributed by atoms with Gasteiger partial charge in [0.2, 0.25) is 15.9 Å². The molecule has 6 nitrogen and oxygen atoms in total. The maximum atomic E-state index is 13.9. The molecule has 158 valence electrons. The molecule has 3 aromatic rings. The number of benzene rings is 2. The Hall–Kier alpha value is -2.97. The molecule has 0 radical (unpaired) electrons. The van der Waals surface area contributed by atoms with Gasteiger partial charge in [-0.1, -0.05) is 25.1 Å². The van der Waals surface area contributed by atoms with Gasteiger partial charge < -0.3 is 9.88 Å². The van der Waals surface area contributed by atoms with Crippen molar-refractivity contribution >= 4 is 15.9 Å². The van der Waals surface area contributed by atoms with Crippen LogP contribution in [0.4, 0.5) is 4.39 Å². The summed E-state index contributed by atoms with van der Waals surface area (Å²) in [5.41, 5.74) is 3.65. The summed E-state index contributed by atoms with van der Waals surface area (Å²) >= 11 is 0. The van der Waals surface area contributed by atoms with Crippen LogP contribution in [0.3, 0.4) is 0 Å². The number of hydrogen-bond donors (Lipinski definition) is 2. The van der Waals surface area contributed by atoms with E-state index in [1.54, 1.807) is 24.3 Å². The third kappa shape index (κ3) is 4.77. The average molecular weight is 430 g/mol. The number of amides is 1. The Bertz CT molecular complexity index is 1170. The Labute approximate surface area is 175 Å². The van der Waals surface area contributed by atoms with Gasteiger partial charge in [-0.25, -0.2) is 17.9 Å². The molecule has 2 aromatic carbocycles. The molecule has 1 amide bonds. The van der Waals surface area contributed by atoms with Crippen molar-refractivity contribution in [3.8, 4) is 16.9 Å². The van der Waals surface area contributed by atoms with Gasteiger partial charge in [0, 0.05) is 17.9 Å². The molecule has 1 heterocycles. The maximum Gasteiger partial charge on any atom is 0.238 e. The van der Waals surface area contributed by atoms with Gasteiger partial charge in [0.1, 0.15) is 5.82 Å². The van der Waals surface area contributed by atoms with Crippen LogP contribution in [-0.4, -0.2) is 25.4 Å². The molecule has 8 heteroatoms. The van der Waals surface area contributed by atoms with Crippen LogP contribution in [0.15, 0.2) is 59.5 Å². The van der Waals surface area contributed by atoms with Crippen molar-refractivity contribution in [3.63, 3.8) is 0 Å². The highest BCUT2D eigenvalue weighted by Gasteiger charge is 2.18. The van der Waals surface area contributed by atoms with Gasteiger partial charge >= 0.3 is 0 Å². The van der Waals surface area contributed by atoms with Crippen LogP contribution in [0.2, 0.25) is 0 Å². The Balaban J connectivity index is 2.10. The molecular formula is C22H24FN3O3S. The van der Waals surface area contributed by atoms with Crippen molar-refractivity contribution in [2.24, 2.45) is 5.14 Å². The van der Waals surface area contributed by atoms with E-state index in [1.807, 2.05) is 24.5 Å². The molecule has 0 spiro atoms. The Kier molecular flexibility index (Phi) is 6.38. The molecule has 0 saturated heterocycles. The summed E-state index contributed by atoms with van der Waals surface area (Å²) in [4.78, 5) is 12.3. The van der Waals surface area contributed by atoms with Crippen molar-refractivity contribution in [1.29, 1.82) is 0 Å². The molecule has 30 heavy (non-hydrogen) atoms. The predicted octanol–water partition coefficient (Wildman–Crippen LogP) is 3.31. The molecule has 0 unspecified atom stereocenters. The fourth-order valence-corrected chi connectivity index (χ4v) is 3.83. The van der Waals surface area contributed by atoms with Crippen LogP contribution >= 0.6 is 0 Å². The molecule has 0 aliphatic heterocycles. The maximum absolute atomic E-state index is 13.9. The lowest BCUT2D eigenvalue weighted by Crippen LogP contribution is -2.25. The average Bonchev–Trinajstić information content (AvgIpc) is 3.02. The van der Waals surface area contributed by atoms with E-state index in [9.17, 15) is 17.6 Å². The summed E-state index contributed by atoms with van der Waals surface area (Å²) < 4.78 is 38.9. The largest absolute Gasteiger partial charge is 0.356 e. The number of hydrogen-bond acceptors (Lipinski definition) is 3. The van der Waals surface area contributed by atoms with Crippen LogP contribution in [-0.2, 0) is 21.2 Å². The van der Waals surface area contributed by atoms with Gasteiger partial charge in [-0.3, -0.25) is 4.79 Å². The Morgan fingerprint density at radius 2 is 1.83 bits per heavy atom. The third-order valence-electron chi connectivity index (χ3n) is 4.82. The minimum Gasteiger partial charge on any atom is -0.356 e. The summed E-state index contributed by atoms with van der Waals surface area (Å²) in [7, 11) is -3.81. The van der Waals surface area contributed by atoms with Gasteiger partial charge in [-0.15, -0.1) is 0 Å². The first-order valence-corrected chi connectivity index (χ1v) is 11.1. The minimum absolute atomic E-state index is 0.00556. The molecule has 1 aromatic heterocycles. The van der Waals surface area contributed by atoms with Crippen molar-refractivity contribution < 1.29 is 17.6 Å². The third-order valence-corrected chi connectivity index (χ3v) is 5.75. The highest BCUT2D eigenvalue weighted by atomic mass is 32.2. The number of nitrogens with zero attached hydrogens (tertiary/aromatic N) is 1. The van der Waals surface area contributed by atoms with Gasteiger partial charge in [0.15, 0.2) is 0 Å². The minimum atomic E-state index is -3.81. The van der Waals surface area contributed by atoms with E-state index in [2.05, 4.69) is 5.32 Å². The first-order valence-electron chi connectivity index (χ1n) is 9.57. The Morgan fingerprint density at radius 1 is 1.13 bits per heavy atom. The predicted molar refractivity (Wildman–Crippen MR) is 114 cm³/mol. The van der Waals surface area contributed by atoms with E-state index >= 15 is 0 Å². The lowest BCUT2D eigenvalue weighted by atomic mass is 10.1. The van der Waals surface area contributed by atoms with Crippen LogP contribution in [0.1, 0.15) is 24.6 Å². The van der Waals surface area contributed by atoms with E-state index in [0.717, 1.165) is 28.9 Å². The van der Waals surface area contributed by atoms with Crippen LogP contribution in [0.25, 0.3) is 16.9 Å². The summed E-state index contributed by atoms with van der Waals surface area (Å²) in [5.74, 6) is -0.467. The smallest absolute Gasteiger partial charge is 0.238 e. The highest BCUT2D eigenvalue weighted by molar-refractivity contribution is 7.89. The van der Waals surface area contributed by atoms with Crippen LogP contribution in [0.5, 0.6) is 0 Å². The van der Waals surface area contributed by atoms with Crippen molar-refractivity contribution in [2.75, 3.05) is 6.54 Å². The normalized spacial score (nSPS) is 11.5. The van der Waals surface area contributed by atoms with Crippen molar-refractivity contribution in [3.05, 3.63) is 71.7 Å². The number of rotatable bonds is 7. The molecule has 0 atom stereocenters. The van der Waals surface area contributed by atoms with Crippen LogP contribution < -0.4 is 10.5 Å². The fourth-order valence-electron chi connectivity index (χ4n) is 3.31. The van der Waals surface area contributed by atoms with E-state index in [-0.39, 0.29) is 23.0 Å². The van der Waals surface area contributed by atoms with E-state index in [1.165, 1.54) is 24.3 Å². The molecule has 0 fully saturated rings. The molecule has 0 aliphatic rings. The second-order valence-electron chi connectivity index (χ2n) is 7.05. The SMILES string of the molecule is CCCNC(=O)Cc1cc(-c2ccc(S(N)(=O)=O)cc2)n(-c2cccc(F)c2)c1C. The lowest BCUT2D eigenvalue weighted by Gasteiger charge is -2.13. The molecular weight excluding hydrogens is 405 g/mol. The van der Waals surface area contributed by atoms with Gasteiger partial charge in [-0.2, -0.15) is 0 Å². The molecule has 0 bridgehead atoms. The standard InChI is InChI=1S/C22H24FN3O3S/c1-3-11-25-22(27)13-17-12-21(16-7-9-20(10-8-16)30(24,28)29)26(15(17)2)19-6-4-5-18(23)14-19/h4-10,12,14H,3,11,13H2,1-2H3,(H,25,27)(H2,24,28,29). The second kappa shape index (κ2) is 8.81. The van der Waals surface area contributed by atoms with Gasteiger partial charge in [0.25, 0.3) is 0 Å². The first-order chi connectivity index (χ1) is 14.2. The molecule has 0 saturated carbocycles. The van der Waals surface area contributed by atoms with Crippen molar-refractivity contribution in [1.82, 2.24) is 9.88 Å². The summed E-state index contributed by atoms with van der Waals surface area (Å²) in [6.45, 7) is 4.45. The quantitative estimate of drug-likeness (QED) is 0.603. The number of sulfonamides is 1. The number of carbonyl (C=O) groups is 1. The number of primary sulfonamides is 1. The van der Waals surface area contributed by atoms with Gasteiger partial charge in [-0.05, 0) is 60.9 Å². The summed E-state index contributed by atoms with van der Waals surface area (Å²) in [6.07, 6.45) is 1.03. The number of carbonyl (C=O) groups excluding carboxylic acids is 1. The number of aromatic nitrogens is 1. The molecule has 3 N–H and O–H groups in total. The highest BCUT2D eigenvalue weighted by Crippen LogP contribution is 2.30. The van der Waals surface area contributed by atoms with Gasteiger partial charge in [0.05, 0.1) is 17.0 Å². The summed E-state index contributed by atoms with van der Waals surface area (Å²) in [6, 6.07) is 14.2.